The quantitative estimate of drug-likeness (QED) is 0.801. The van der Waals surface area contributed by atoms with Crippen LogP contribution < -0.4 is 5.32 Å². The summed E-state index contributed by atoms with van der Waals surface area (Å²) in [6.45, 7) is 8.72. The number of hydrogen-bond donors (Lipinski definition) is 1. The molecular formula is C15H28F2N2. The lowest BCUT2D eigenvalue weighted by atomic mass is 9.84. The van der Waals surface area contributed by atoms with Gasteiger partial charge in [-0.3, -0.25) is 4.90 Å². The van der Waals surface area contributed by atoms with Crippen LogP contribution in [0.3, 0.4) is 0 Å². The maximum Gasteiger partial charge on any atom is 0.250 e. The Kier molecular flexibility index (Phi) is 5.18. The van der Waals surface area contributed by atoms with E-state index in [1.807, 2.05) is 0 Å². The number of likely N-dealkylation sites (tertiary alicyclic amines) is 1. The van der Waals surface area contributed by atoms with Gasteiger partial charge < -0.3 is 5.32 Å². The highest BCUT2D eigenvalue weighted by molar-refractivity contribution is 4.92. The first-order valence-corrected chi connectivity index (χ1v) is 7.73. The van der Waals surface area contributed by atoms with E-state index in [9.17, 15) is 8.78 Å². The molecule has 2 aliphatic rings. The molecular weight excluding hydrogens is 246 g/mol. The maximum absolute atomic E-state index is 12.4. The second-order valence-corrected chi connectivity index (χ2v) is 6.77. The Morgan fingerprint density at radius 2 is 1.79 bits per heavy atom. The van der Waals surface area contributed by atoms with Crippen LogP contribution in [0.15, 0.2) is 0 Å². The van der Waals surface area contributed by atoms with Gasteiger partial charge in [0.1, 0.15) is 0 Å². The molecule has 4 heteroatoms. The van der Waals surface area contributed by atoms with E-state index in [1.54, 1.807) is 0 Å². The lowest BCUT2D eigenvalue weighted by Crippen LogP contribution is -2.54. The van der Waals surface area contributed by atoms with Gasteiger partial charge in [0.05, 0.1) is 6.54 Å². The van der Waals surface area contributed by atoms with Crippen molar-refractivity contribution in [3.05, 3.63) is 0 Å². The van der Waals surface area contributed by atoms with Crippen molar-refractivity contribution in [3.8, 4) is 0 Å². The number of halogens is 2. The predicted octanol–water partition coefficient (Wildman–Crippen LogP) is 2.99. The average molecular weight is 274 g/mol. The van der Waals surface area contributed by atoms with Gasteiger partial charge in [0.15, 0.2) is 0 Å². The molecule has 1 heterocycles. The zero-order valence-corrected chi connectivity index (χ0v) is 12.4. The van der Waals surface area contributed by atoms with E-state index in [4.69, 9.17) is 0 Å². The van der Waals surface area contributed by atoms with Crippen molar-refractivity contribution in [3.63, 3.8) is 0 Å². The minimum Gasteiger partial charge on any atom is -0.307 e. The molecule has 1 saturated heterocycles. The standard InChI is InChI=1S/C15H28F2N2/c1-10(2)13-6-14(18-7-15(16)17)9-19(8-13)11(3)12-4-5-12/h10-15,18H,4-9H2,1-3H3. The molecule has 0 spiro atoms. The van der Waals surface area contributed by atoms with E-state index in [2.05, 4.69) is 31.0 Å². The summed E-state index contributed by atoms with van der Waals surface area (Å²) in [6.07, 6.45) is 1.49. The highest BCUT2D eigenvalue weighted by atomic mass is 19.3. The second kappa shape index (κ2) is 6.49. The number of piperidine rings is 1. The van der Waals surface area contributed by atoms with E-state index in [0.717, 1.165) is 25.4 Å². The van der Waals surface area contributed by atoms with Crippen LogP contribution >= 0.6 is 0 Å². The van der Waals surface area contributed by atoms with Gasteiger partial charge in [-0.2, -0.15) is 0 Å². The topological polar surface area (TPSA) is 15.3 Å². The zero-order chi connectivity index (χ0) is 14.0. The van der Waals surface area contributed by atoms with Crippen molar-refractivity contribution in [1.29, 1.82) is 0 Å². The first-order chi connectivity index (χ1) is 8.97. The third-order valence-electron chi connectivity index (χ3n) is 4.90. The molecule has 3 atom stereocenters. The Hall–Kier alpha value is -0.220. The molecule has 0 aromatic rings. The Morgan fingerprint density at radius 1 is 1.11 bits per heavy atom. The molecule has 1 aliphatic carbocycles. The first kappa shape index (κ1) is 15.2. The number of hydrogen-bond acceptors (Lipinski definition) is 2. The number of nitrogens with one attached hydrogen (secondary N) is 1. The maximum atomic E-state index is 12.4. The van der Waals surface area contributed by atoms with E-state index < -0.39 is 6.43 Å². The molecule has 1 N–H and O–H groups in total. The second-order valence-electron chi connectivity index (χ2n) is 6.77. The molecule has 0 amide bonds. The zero-order valence-electron chi connectivity index (χ0n) is 12.4. The van der Waals surface area contributed by atoms with Gasteiger partial charge in [-0.05, 0) is 43.9 Å². The summed E-state index contributed by atoms with van der Waals surface area (Å²) in [4.78, 5) is 2.54. The molecule has 0 aromatic carbocycles. The molecule has 19 heavy (non-hydrogen) atoms. The molecule has 2 nitrogen and oxygen atoms in total. The summed E-state index contributed by atoms with van der Waals surface area (Å²) in [6, 6.07) is 0.855. The van der Waals surface area contributed by atoms with Gasteiger partial charge in [-0.25, -0.2) is 8.78 Å². The Bertz CT molecular complexity index is 279. The fourth-order valence-electron chi connectivity index (χ4n) is 3.27. The van der Waals surface area contributed by atoms with Crippen LogP contribution in [0.4, 0.5) is 8.78 Å². The fraction of sp³-hybridized carbons (Fsp3) is 1.00. The highest BCUT2D eigenvalue weighted by Gasteiger charge is 2.37. The molecule has 3 unspecified atom stereocenters. The molecule has 112 valence electrons. The Balaban J connectivity index is 1.91. The molecule has 2 fully saturated rings. The minimum atomic E-state index is -2.24. The van der Waals surface area contributed by atoms with Crippen LogP contribution in [0.25, 0.3) is 0 Å². The van der Waals surface area contributed by atoms with Gasteiger partial charge >= 0.3 is 0 Å². The highest BCUT2D eigenvalue weighted by Crippen LogP contribution is 2.37. The summed E-state index contributed by atoms with van der Waals surface area (Å²) in [5.41, 5.74) is 0. The van der Waals surface area contributed by atoms with E-state index >= 15 is 0 Å². The summed E-state index contributed by atoms with van der Waals surface area (Å²) < 4.78 is 24.7. The monoisotopic (exact) mass is 274 g/mol. The predicted molar refractivity (Wildman–Crippen MR) is 74.5 cm³/mol. The SMILES string of the molecule is CC(C)C1CC(NCC(F)F)CN(C(C)C2CC2)C1. The lowest BCUT2D eigenvalue weighted by molar-refractivity contribution is 0.0663. The van der Waals surface area contributed by atoms with Gasteiger partial charge in [0.2, 0.25) is 0 Å². The first-order valence-electron chi connectivity index (χ1n) is 7.73. The van der Waals surface area contributed by atoms with Crippen molar-refractivity contribution in [2.75, 3.05) is 19.6 Å². The molecule has 1 aliphatic heterocycles. The number of rotatable bonds is 6. The third-order valence-corrected chi connectivity index (χ3v) is 4.90. The van der Waals surface area contributed by atoms with Gasteiger partial charge in [-0.15, -0.1) is 0 Å². The van der Waals surface area contributed by atoms with Gasteiger partial charge in [0.25, 0.3) is 6.43 Å². The van der Waals surface area contributed by atoms with Crippen molar-refractivity contribution in [2.24, 2.45) is 17.8 Å². The third kappa shape index (κ3) is 4.38. The molecule has 0 radical (unpaired) electrons. The van der Waals surface area contributed by atoms with Crippen LogP contribution in [0.2, 0.25) is 0 Å². The summed E-state index contributed by atoms with van der Waals surface area (Å²) in [5.74, 6) is 2.11. The van der Waals surface area contributed by atoms with E-state index in [1.165, 1.54) is 12.8 Å². The molecule has 1 saturated carbocycles. The van der Waals surface area contributed by atoms with Crippen LogP contribution in [-0.2, 0) is 0 Å². The smallest absolute Gasteiger partial charge is 0.250 e. The van der Waals surface area contributed by atoms with Gasteiger partial charge in [0, 0.05) is 25.2 Å². The number of nitrogens with zero attached hydrogens (tertiary/aromatic N) is 1. The van der Waals surface area contributed by atoms with Gasteiger partial charge in [-0.1, -0.05) is 13.8 Å². The average Bonchev–Trinajstić information content (AvgIpc) is 3.19. The fourth-order valence-corrected chi connectivity index (χ4v) is 3.27. The molecule has 0 aromatic heterocycles. The van der Waals surface area contributed by atoms with Crippen LogP contribution in [0.1, 0.15) is 40.0 Å². The van der Waals surface area contributed by atoms with Crippen LogP contribution in [0, 0.1) is 17.8 Å². The van der Waals surface area contributed by atoms with E-state index in [-0.39, 0.29) is 12.6 Å². The van der Waals surface area contributed by atoms with Crippen molar-refractivity contribution in [2.45, 2.75) is 58.5 Å². The normalized spacial score (nSPS) is 31.1. The summed E-state index contributed by atoms with van der Waals surface area (Å²) >= 11 is 0. The summed E-state index contributed by atoms with van der Waals surface area (Å²) in [7, 11) is 0. The van der Waals surface area contributed by atoms with Crippen molar-refractivity contribution < 1.29 is 8.78 Å². The largest absolute Gasteiger partial charge is 0.307 e. The minimum absolute atomic E-state index is 0.166. The Morgan fingerprint density at radius 3 is 2.32 bits per heavy atom. The molecule has 0 bridgehead atoms. The van der Waals surface area contributed by atoms with Crippen LogP contribution in [-0.4, -0.2) is 43.0 Å². The van der Waals surface area contributed by atoms with Crippen molar-refractivity contribution >= 4 is 0 Å². The Labute approximate surface area is 115 Å². The number of alkyl halides is 2. The van der Waals surface area contributed by atoms with E-state index in [0.29, 0.717) is 17.9 Å². The van der Waals surface area contributed by atoms with Crippen molar-refractivity contribution in [1.82, 2.24) is 10.2 Å². The summed E-state index contributed by atoms with van der Waals surface area (Å²) in [5, 5.41) is 3.06. The van der Waals surface area contributed by atoms with Crippen LogP contribution in [0.5, 0.6) is 0 Å². The lowest BCUT2D eigenvalue weighted by Gasteiger charge is -2.43. The molecule has 2 rings (SSSR count).